The summed E-state index contributed by atoms with van der Waals surface area (Å²) in [7, 11) is 0. The first kappa shape index (κ1) is 39.3. The van der Waals surface area contributed by atoms with Gasteiger partial charge in [0, 0.05) is 24.7 Å². The van der Waals surface area contributed by atoms with Crippen LogP contribution in [0.2, 0.25) is 0 Å². The number of phenolic OH excluding ortho intramolecular Hbond substituents is 1. The summed E-state index contributed by atoms with van der Waals surface area (Å²) in [4.78, 5) is 12.4. The number of Topliss-reactive ketones (excluding diaryl/α,β-unsaturated/α-hetero) is 1. The van der Waals surface area contributed by atoms with Gasteiger partial charge in [-0.05, 0) is 107 Å². The van der Waals surface area contributed by atoms with Crippen LogP contribution in [-0.2, 0) is 4.79 Å². The number of aromatic hydroxyl groups is 1. The van der Waals surface area contributed by atoms with Crippen molar-refractivity contribution < 1.29 is 32.2 Å². The van der Waals surface area contributed by atoms with E-state index in [4.69, 9.17) is 4.74 Å². The van der Waals surface area contributed by atoms with Crippen molar-refractivity contribution in [3.8, 4) is 35.2 Å². The molecule has 2 aromatic rings. The van der Waals surface area contributed by atoms with Crippen LogP contribution in [0.1, 0.15) is 146 Å². The molecule has 0 bridgehead atoms. The van der Waals surface area contributed by atoms with Gasteiger partial charge in [-0.1, -0.05) is 75.0 Å². The van der Waals surface area contributed by atoms with Crippen LogP contribution >= 0.6 is 0 Å². The number of hydrogen-bond acceptors (Lipinski definition) is 3. The highest BCUT2D eigenvalue weighted by molar-refractivity contribution is 5.78. The van der Waals surface area contributed by atoms with Crippen molar-refractivity contribution in [3.63, 3.8) is 0 Å². The fourth-order valence-electron chi connectivity index (χ4n) is 7.42. The second kappa shape index (κ2) is 21.0. The predicted molar refractivity (Wildman–Crippen MR) is 191 cm³/mol. The Hall–Kier alpha value is -3.45. The van der Waals surface area contributed by atoms with E-state index in [0.717, 1.165) is 89.5 Å². The Morgan fingerprint density at radius 1 is 0.640 bits per heavy atom. The Balaban J connectivity index is 0.956. The first-order valence-electron chi connectivity index (χ1n) is 19.1. The molecule has 7 heteroatoms. The second-order valence-corrected chi connectivity index (χ2v) is 14.4. The molecule has 0 spiro atoms. The van der Waals surface area contributed by atoms with Gasteiger partial charge >= 0.3 is 0 Å². The van der Waals surface area contributed by atoms with Crippen molar-refractivity contribution in [1.82, 2.24) is 0 Å². The highest BCUT2D eigenvalue weighted by Crippen LogP contribution is 2.33. The standard InChI is InChI=1S/C43H54F4O3/c1-2-50-39-30-28-36(41(45)43(39)47)26-24-34-21-17-32(18-22-34)12-8-4-6-10-14-37(48)13-9-5-3-7-11-31-15-19-33(20-16-31)23-25-35-27-29-38(49)42(46)40(35)44/h27-34,49H,2-22H2,1H3. The maximum absolute atomic E-state index is 14.3. The summed E-state index contributed by atoms with van der Waals surface area (Å²) < 4.78 is 61.0. The van der Waals surface area contributed by atoms with Crippen molar-refractivity contribution in [3.05, 3.63) is 58.7 Å². The SMILES string of the molecule is CCOc1ccc(C#CC2CCC(CCCCCCC(=O)CCCCCCC3CCC(C#Cc4ccc(O)c(F)c4F)CC3)CC2)c(F)c1F. The number of ketones is 1. The summed E-state index contributed by atoms with van der Waals surface area (Å²) in [6, 6.07) is 5.39. The molecular weight excluding hydrogens is 640 g/mol. The zero-order valence-corrected chi connectivity index (χ0v) is 29.7. The van der Waals surface area contributed by atoms with Crippen LogP contribution < -0.4 is 4.74 Å². The van der Waals surface area contributed by atoms with Gasteiger partial charge < -0.3 is 9.84 Å². The maximum atomic E-state index is 14.3. The Labute approximate surface area is 297 Å². The predicted octanol–water partition coefficient (Wildman–Crippen LogP) is 11.6. The normalized spacial score (nSPS) is 20.3. The van der Waals surface area contributed by atoms with Gasteiger partial charge in [0.2, 0.25) is 11.6 Å². The van der Waals surface area contributed by atoms with E-state index in [2.05, 4.69) is 23.7 Å². The summed E-state index contributed by atoms with van der Waals surface area (Å²) in [5.74, 6) is 9.12. The van der Waals surface area contributed by atoms with Crippen LogP contribution in [0, 0.1) is 70.6 Å². The Kier molecular flexibility index (Phi) is 16.6. The van der Waals surface area contributed by atoms with Crippen molar-refractivity contribution in [2.45, 2.75) is 135 Å². The van der Waals surface area contributed by atoms with Crippen LogP contribution in [0.5, 0.6) is 11.5 Å². The number of benzene rings is 2. The third-order valence-electron chi connectivity index (χ3n) is 10.6. The number of unbranched alkanes of at least 4 members (excludes halogenated alkanes) is 6. The minimum Gasteiger partial charge on any atom is -0.505 e. The molecule has 50 heavy (non-hydrogen) atoms. The molecule has 2 aromatic carbocycles. The summed E-state index contributed by atoms with van der Waals surface area (Å²) in [5.41, 5.74) is 0.0851. The zero-order chi connectivity index (χ0) is 35.7. The molecule has 3 nitrogen and oxygen atoms in total. The van der Waals surface area contributed by atoms with Gasteiger partial charge in [-0.15, -0.1) is 0 Å². The minimum absolute atomic E-state index is 0.00512. The number of phenols is 1. The Morgan fingerprint density at radius 3 is 1.60 bits per heavy atom. The molecule has 1 N–H and O–H groups in total. The van der Waals surface area contributed by atoms with Crippen molar-refractivity contribution >= 4 is 5.78 Å². The van der Waals surface area contributed by atoms with E-state index in [9.17, 15) is 27.5 Å². The first-order valence-corrected chi connectivity index (χ1v) is 19.1. The fraction of sp³-hybridized carbons (Fsp3) is 0.605. The van der Waals surface area contributed by atoms with Crippen molar-refractivity contribution in [1.29, 1.82) is 0 Å². The number of carbonyl (C=O) groups is 1. The Bertz CT molecular complexity index is 1500. The Morgan fingerprint density at radius 2 is 1.10 bits per heavy atom. The average molecular weight is 695 g/mol. The van der Waals surface area contributed by atoms with Gasteiger partial charge in [-0.25, -0.2) is 8.78 Å². The van der Waals surface area contributed by atoms with Crippen LogP contribution in [0.3, 0.4) is 0 Å². The van der Waals surface area contributed by atoms with Crippen LogP contribution in [-0.4, -0.2) is 17.5 Å². The number of ether oxygens (including phenoxy) is 1. The third kappa shape index (κ3) is 12.7. The van der Waals surface area contributed by atoms with Crippen LogP contribution in [0.25, 0.3) is 0 Å². The summed E-state index contributed by atoms with van der Waals surface area (Å²) in [6.07, 6.45) is 21.1. The van der Waals surface area contributed by atoms with Crippen LogP contribution in [0.15, 0.2) is 24.3 Å². The molecule has 2 saturated carbocycles. The number of hydrogen-bond donors (Lipinski definition) is 1. The lowest BCUT2D eigenvalue weighted by molar-refractivity contribution is -0.119. The van der Waals surface area contributed by atoms with Gasteiger partial charge in [0.15, 0.2) is 23.1 Å². The molecule has 0 atom stereocenters. The highest BCUT2D eigenvalue weighted by atomic mass is 19.2. The lowest BCUT2D eigenvalue weighted by atomic mass is 9.80. The highest BCUT2D eigenvalue weighted by Gasteiger charge is 2.21. The quantitative estimate of drug-likeness (QED) is 0.108. The maximum Gasteiger partial charge on any atom is 0.201 e. The van der Waals surface area contributed by atoms with Gasteiger partial charge in [0.25, 0.3) is 0 Å². The van der Waals surface area contributed by atoms with Crippen molar-refractivity contribution in [2.75, 3.05) is 6.61 Å². The molecule has 0 unspecified atom stereocenters. The van der Waals surface area contributed by atoms with E-state index in [-0.39, 0.29) is 35.3 Å². The molecule has 0 amide bonds. The van der Waals surface area contributed by atoms with Crippen LogP contribution in [0.4, 0.5) is 17.6 Å². The van der Waals surface area contributed by atoms with E-state index in [1.165, 1.54) is 50.3 Å². The molecular formula is C43H54F4O3. The van der Waals surface area contributed by atoms with Gasteiger partial charge in [-0.2, -0.15) is 8.78 Å². The molecule has 0 aromatic heterocycles. The molecule has 0 radical (unpaired) electrons. The fourth-order valence-corrected chi connectivity index (χ4v) is 7.42. The smallest absolute Gasteiger partial charge is 0.201 e. The van der Waals surface area contributed by atoms with Gasteiger partial charge in [0.1, 0.15) is 5.78 Å². The topological polar surface area (TPSA) is 46.5 Å². The largest absolute Gasteiger partial charge is 0.505 e. The second-order valence-electron chi connectivity index (χ2n) is 14.4. The minimum atomic E-state index is -1.24. The molecule has 272 valence electrons. The van der Waals surface area contributed by atoms with Gasteiger partial charge in [0.05, 0.1) is 17.7 Å². The van der Waals surface area contributed by atoms with E-state index in [0.29, 0.717) is 30.5 Å². The van der Waals surface area contributed by atoms with E-state index >= 15 is 0 Å². The third-order valence-corrected chi connectivity index (χ3v) is 10.6. The zero-order valence-electron chi connectivity index (χ0n) is 29.7. The summed E-state index contributed by atoms with van der Waals surface area (Å²) >= 11 is 0. The molecule has 0 heterocycles. The number of halogens is 4. The monoisotopic (exact) mass is 694 g/mol. The summed E-state index contributed by atoms with van der Waals surface area (Å²) in [6.45, 7) is 2.01. The summed E-state index contributed by atoms with van der Waals surface area (Å²) in [5, 5.41) is 9.26. The number of carbonyl (C=O) groups excluding carboxylic acids is 1. The lowest BCUT2D eigenvalue weighted by Gasteiger charge is -2.25. The molecule has 0 aliphatic heterocycles. The van der Waals surface area contributed by atoms with E-state index in [1.807, 2.05) is 0 Å². The van der Waals surface area contributed by atoms with Gasteiger partial charge in [-0.3, -0.25) is 4.79 Å². The molecule has 2 aliphatic carbocycles. The molecule has 4 rings (SSSR count). The first-order chi connectivity index (χ1) is 24.2. The molecule has 0 saturated heterocycles. The van der Waals surface area contributed by atoms with E-state index < -0.39 is 29.0 Å². The van der Waals surface area contributed by atoms with Crippen molar-refractivity contribution in [2.24, 2.45) is 23.7 Å². The average Bonchev–Trinajstić information content (AvgIpc) is 3.12. The number of rotatable bonds is 16. The lowest BCUT2D eigenvalue weighted by Crippen LogP contribution is -2.13. The van der Waals surface area contributed by atoms with E-state index in [1.54, 1.807) is 6.92 Å². The molecule has 2 fully saturated rings. The molecule has 2 aliphatic rings.